The minimum atomic E-state index is -0.562. The van der Waals surface area contributed by atoms with E-state index in [4.69, 9.17) is 0 Å². The molecule has 20 heavy (non-hydrogen) atoms. The van der Waals surface area contributed by atoms with Crippen LogP contribution in [0.3, 0.4) is 0 Å². The van der Waals surface area contributed by atoms with E-state index in [1.165, 1.54) is 20.3 Å². The lowest BCUT2D eigenvalue weighted by Crippen LogP contribution is -2.38. The molecule has 1 rings (SSSR count). The van der Waals surface area contributed by atoms with E-state index in [1.807, 2.05) is 0 Å². The smallest absolute Gasteiger partial charge is 0.333 e. The standard InChI is InChI=1S/C13H22N4O3/c1-5-17(6-2)8-7-14-9-10-11(18)15(3)13(20)16(4)12(10)19/h9,18H,5-8H2,1-4H3. The van der Waals surface area contributed by atoms with Crippen molar-refractivity contribution >= 4 is 6.21 Å². The van der Waals surface area contributed by atoms with Crippen LogP contribution in [0.5, 0.6) is 5.88 Å². The molecule has 0 unspecified atom stereocenters. The van der Waals surface area contributed by atoms with Crippen LogP contribution in [0.15, 0.2) is 14.6 Å². The van der Waals surface area contributed by atoms with Crippen LogP contribution in [0.25, 0.3) is 0 Å². The summed E-state index contributed by atoms with van der Waals surface area (Å²) in [6.07, 6.45) is 1.33. The highest BCUT2D eigenvalue weighted by Crippen LogP contribution is 2.05. The van der Waals surface area contributed by atoms with Gasteiger partial charge in [-0.3, -0.25) is 18.9 Å². The fraction of sp³-hybridized carbons (Fsp3) is 0.615. The molecule has 0 amide bonds. The molecule has 7 nitrogen and oxygen atoms in total. The van der Waals surface area contributed by atoms with E-state index in [-0.39, 0.29) is 11.4 Å². The molecule has 112 valence electrons. The highest BCUT2D eigenvalue weighted by atomic mass is 16.3. The van der Waals surface area contributed by atoms with Crippen LogP contribution in [0.4, 0.5) is 0 Å². The molecule has 0 spiro atoms. The summed E-state index contributed by atoms with van der Waals surface area (Å²) in [5.74, 6) is -0.357. The van der Waals surface area contributed by atoms with Gasteiger partial charge in [0.1, 0.15) is 5.56 Å². The molecule has 0 atom stereocenters. The number of hydrogen-bond acceptors (Lipinski definition) is 5. The van der Waals surface area contributed by atoms with Gasteiger partial charge in [0.25, 0.3) is 5.56 Å². The van der Waals surface area contributed by atoms with Gasteiger partial charge in [0.05, 0.1) is 6.54 Å². The second kappa shape index (κ2) is 7.04. The summed E-state index contributed by atoms with van der Waals surface area (Å²) in [6.45, 7) is 7.35. The molecule has 0 saturated carbocycles. The van der Waals surface area contributed by atoms with Gasteiger partial charge in [-0.2, -0.15) is 0 Å². The summed E-state index contributed by atoms with van der Waals surface area (Å²) in [5.41, 5.74) is -1.07. The highest BCUT2D eigenvalue weighted by molar-refractivity contribution is 5.81. The Morgan fingerprint density at radius 3 is 2.35 bits per heavy atom. The number of aromatic hydroxyl groups is 1. The van der Waals surface area contributed by atoms with Crippen LogP contribution in [0, 0.1) is 0 Å². The van der Waals surface area contributed by atoms with Crippen LogP contribution in [-0.4, -0.2) is 51.5 Å². The first-order valence-corrected chi connectivity index (χ1v) is 6.65. The third-order valence-corrected chi connectivity index (χ3v) is 3.33. The van der Waals surface area contributed by atoms with Crippen molar-refractivity contribution in [1.82, 2.24) is 14.0 Å². The van der Waals surface area contributed by atoms with Gasteiger partial charge in [0.15, 0.2) is 0 Å². The Labute approximate surface area is 117 Å². The molecule has 0 aliphatic heterocycles. The molecule has 7 heteroatoms. The Morgan fingerprint density at radius 1 is 1.20 bits per heavy atom. The third kappa shape index (κ3) is 3.36. The molecule has 0 fully saturated rings. The van der Waals surface area contributed by atoms with Gasteiger partial charge in [0.2, 0.25) is 5.88 Å². The van der Waals surface area contributed by atoms with Crippen LogP contribution in [-0.2, 0) is 14.1 Å². The molecule has 1 aromatic rings. The van der Waals surface area contributed by atoms with E-state index in [0.29, 0.717) is 6.54 Å². The molecule has 1 N–H and O–H groups in total. The van der Waals surface area contributed by atoms with Crippen molar-refractivity contribution in [3.05, 3.63) is 26.4 Å². The van der Waals surface area contributed by atoms with Gasteiger partial charge in [-0.1, -0.05) is 13.8 Å². The normalized spacial score (nSPS) is 11.7. The number of aromatic nitrogens is 2. The Bertz CT molecular complexity index is 597. The summed E-state index contributed by atoms with van der Waals surface area (Å²) < 4.78 is 1.97. The first kappa shape index (κ1) is 16.2. The van der Waals surface area contributed by atoms with Crippen molar-refractivity contribution in [2.24, 2.45) is 19.1 Å². The van der Waals surface area contributed by atoms with Gasteiger partial charge in [-0.25, -0.2) is 4.79 Å². The van der Waals surface area contributed by atoms with Gasteiger partial charge in [0, 0.05) is 26.9 Å². The predicted molar refractivity (Wildman–Crippen MR) is 78.8 cm³/mol. The number of likely N-dealkylation sites (N-methyl/N-ethyl adjacent to an activating group) is 1. The van der Waals surface area contributed by atoms with Crippen molar-refractivity contribution in [2.75, 3.05) is 26.2 Å². The van der Waals surface area contributed by atoms with E-state index in [1.54, 1.807) is 0 Å². The molecule has 1 heterocycles. The van der Waals surface area contributed by atoms with Crippen LogP contribution < -0.4 is 11.2 Å². The summed E-state index contributed by atoms with van der Waals surface area (Å²) in [7, 11) is 2.78. The first-order valence-electron chi connectivity index (χ1n) is 6.65. The minimum absolute atomic E-state index is 0.0362. The van der Waals surface area contributed by atoms with E-state index < -0.39 is 11.2 Å². The molecule has 0 bridgehead atoms. The predicted octanol–water partition coefficient (Wildman–Crippen LogP) is -0.450. The summed E-state index contributed by atoms with van der Waals surface area (Å²) >= 11 is 0. The van der Waals surface area contributed by atoms with E-state index in [2.05, 4.69) is 23.7 Å². The maximum Gasteiger partial charge on any atom is 0.333 e. The average molecular weight is 282 g/mol. The summed E-state index contributed by atoms with van der Waals surface area (Å²) in [5, 5.41) is 9.83. The lowest BCUT2D eigenvalue weighted by Gasteiger charge is -2.15. The summed E-state index contributed by atoms with van der Waals surface area (Å²) in [6, 6.07) is 0. The zero-order chi connectivity index (χ0) is 15.3. The van der Waals surface area contributed by atoms with Crippen LogP contribution in [0.1, 0.15) is 19.4 Å². The zero-order valence-electron chi connectivity index (χ0n) is 12.5. The van der Waals surface area contributed by atoms with Gasteiger partial charge >= 0.3 is 5.69 Å². The highest BCUT2D eigenvalue weighted by Gasteiger charge is 2.12. The number of nitrogens with zero attached hydrogens (tertiary/aromatic N) is 4. The van der Waals surface area contributed by atoms with Gasteiger partial charge in [-0.15, -0.1) is 0 Å². The first-order chi connectivity index (χ1) is 9.43. The maximum absolute atomic E-state index is 11.9. The number of hydrogen-bond donors (Lipinski definition) is 1. The van der Waals surface area contributed by atoms with E-state index >= 15 is 0 Å². The Hall–Kier alpha value is -1.89. The van der Waals surface area contributed by atoms with Crippen molar-refractivity contribution in [2.45, 2.75) is 13.8 Å². The van der Waals surface area contributed by atoms with Crippen LogP contribution in [0.2, 0.25) is 0 Å². The van der Waals surface area contributed by atoms with E-state index in [0.717, 1.165) is 28.8 Å². The second-order valence-corrected chi connectivity index (χ2v) is 4.51. The Morgan fingerprint density at radius 2 is 1.80 bits per heavy atom. The second-order valence-electron chi connectivity index (χ2n) is 4.51. The SMILES string of the molecule is CCN(CC)CCN=Cc1c(O)n(C)c(=O)n(C)c1=O. The van der Waals surface area contributed by atoms with Crippen LogP contribution >= 0.6 is 0 Å². The topological polar surface area (TPSA) is 79.8 Å². The lowest BCUT2D eigenvalue weighted by molar-refractivity contribution is 0.313. The quantitative estimate of drug-likeness (QED) is 0.717. The number of rotatable bonds is 6. The molecular weight excluding hydrogens is 260 g/mol. The average Bonchev–Trinajstić information content (AvgIpc) is 2.46. The Kier molecular flexibility index (Phi) is 5.69. The monoisotopic (exact) mass is 282 g/mol. The zero-order valence-corrected chi connectivity index (χ0v) is 12.5. The van der Waals surface area contributed by atoms with Gasteiger partial charge in [-0.05, 0) is 13.1 Å². The van der Waals surface area contributed by atoms with Crippen molar-refractivity contribution in [3.63, 3.8) is 0 Å². The van der Waals surface area contributed by atoms with Crippen molar-refractivity contribution in [3.8, 4) is 5.88 Å². The molecular formula is C13H22N4O3. The van der Waals surface area contributed by atoms with E-state index in [9.17, 15) is 14.7 Å². The summed E-state index contributed by atoms with van der Waals surface area (Å²) in [4.78, 5) is 29.8. The molecule has 0 saturated heterocycles. The fourth-order valence-electron chi connectivity index (χ4n) is 1.87. The third-order valence-electron chi connectivity index (χ3n) is 3.33. The molecule has 1 aromatic heterocycles. The number of aliphatic imine (C=N–C) groups is 1. The van der Waals surface area contributed by atoms with Gasteiger partial charge < -0.3 is 10.0 Å². The fourth-order valence-corrected chi connectivity index (χ4v) is 1.87. The lowest BCUT2D eigenvalue weighted by atomic mass is 10.3. The van der Waals surface area contributed by atoms with Crippen molar-refractivity contribution in [1.29, 1.82) is 0 Å². The largest absolute Gasteiger partial charge is 0.494 e. The maximum atomic E-state index is 11.9. The van der Waals surface area contributed by atoms with Crippen molar-refractivity contribution < 1.29 is 5.11 Å². The molecule has 0 aliphatic rings. The Balaban J connectivity index is 2.94. The molecule has 0 aromatic carbocycles. The minimum Gasteiger partial charge on any atom is -0.494 e. The molecule has 0 radical (unpaired) electrons. The molecule has 0 aliphatic carbocycles.